The fourth-order valence-corrected chi connectivity index (χ4v) is 2.25. The summed E-state index contributed by atoms with van der Waals surface area (Å²) in [6.45, 7) is 2.33. The number of aromatic nitrogens is 5. The summed E-state index contributed by atoms with van der Waals surface area (Å²) < 4.78 is 1.91. The van der Waals surface area contributed by atoms with E-state index in [1.807, 2.05) is 11.6 Å². The van der Waals surface area contributed by atoms with Gasteiger partial charge in [-0.15, -0.1) is 0 Å². The number of nitrogens with zero attached hydrogens (tertiary/aromatic N) is 5. The Morgan fingerprint density at radius 2 is 2.08 bits per heavy atom. The summed E-state index contributed by atoms with van der Waals surface area (Å²) in [7, 11) is 1.91. The molecule has 0 atom stereocenters. The summed E-state index contributed by atoms with van der Waals surface area (Å²) in [5.74, 6) is 0.211. The van der Waals surface area contributed by atoms with Crippen molar-refractivity contribution >= 4 is 11.8 Å². The fourth-order valence-electron chi connectivity index (χ4n) is 2.25. The minimum Gasteiger partial charge on any atom is -0.478 e. The van der Waals surface area contributed by atoms with Gasteiger partial charge in [0.15, 0.2) is 0 Å². The lowest BCUT2D eigenvalue weighted by Crippen LogP contribution is -2.08. The molecule has 0 amide bonds. The lowest BCUT2D eigenvalue weighted by molar-refractivity contribution is 0.0696. The van der Waals surface area contributed by atoms with E-state index in [0.29, 0.717) is 29.3 Å². The van der Waals surface area contributed by atoms with Gasteiger partial charge in [-0.05, 0) is 13.0 Å². The van der Waals surface area contributed by atoms with Gasteiger partial charge >= 0.3 is 5.97 Å². The van der Waals surface area contributed by atoms with E-state index in [4.69, 9.17) is 5.11 Å². The molecule has 0 fully saturated rings. The van der Waals surface area contributed by atoms with Crippen LogP contribution in [0.3, 0.4) is 0 Å². The molecule has 0 bridgehead atoms. The highest BCUT2D eigenvalue weighted by Crippen LogP contribution is 2.26. The number of hydrogen-bond acceptors (Lipinski definition) is 6. The highest BCUT2D eigenvalue weighted by atomic mass is 16.4. The Balaban J connectivity index is 1.95. The molecular weight excluding hydrogens is 308 g/mol. The number of pyridine rings is 1. The average molecular weight is 324 g/mol. The van der Waals surface area contributed by atoms with E-state index in [-0.39, 0.29) is 5.56 Å². The zero-order valence-electron chi connectivity index (χ0n) is 13.3. The molecule has 122 valence electrons. The maximum absolute atomic E-state index is 11.1. The van der Waals surface area contributed by atoms with Gasteiger partial charge in [0, 0.05) is 43.0 Å². The molecule has 0 spiro atoms. The number of rotatable bonds is 5. The van der Waals surface area contributed by atoms with Gasteiger partial charge in [-0.25, -0.2) is 19.7 Å². The molecule has 0 unspecified atom stereocenters. The quantitative estimate of drug-likeness (QED) is 0.738. The number of carboxylic acids is 1. The molecule has 8 nitrogen and oxygen atoms in total. The molecular formula is C16H16N6O2. The first-order valence-corrected chi connectivity index (χ1v) is 7.26. The second-order valence-corrected chi connectivity index (χ2v) is 5.30. The van der Waals surface area contributed by atoms with Crippen LogP contribution < -0.4 is 5.32 Å². The molecule has 0 saturated heterocycles. The van der Waals surface area contributed by atoms with E-state index in [0.717, 1.165) is 5.69 Å². The van der Waals surface area contributed by atoms with E-state index in [1.165, 1.54) is 6.20 Å². The molecule has 0 aromatic carbocycles. The van der Waals surface area contributed by atoms with Gasteiger partial charge in [0.1, 0.15) is 11.6 Å². The maximum Gasteiger partial charge on any atom is 0.337 e. The van der Waals surface area contributed by atoms with Crippen LogP contribution in [-0.4, -0.2) is 35.6 Å². The highest BCUT2D eigenvalue weighted by Gasteiger charge is 2.12. The standard InChI is InChI=1S/C16H16N6O2/c1-10-19-8-14(11-3-12(16(23)24)5-17-4-11)15(21-10)20-7-13-6-18-9-22(13)2/h3-6,8-9H,7H2,1-2H3,(H,23,24)(H,19,20,21). The molecule has 3 rings (SSSR count). The van der Waals surface area contributed by atoms with Crippen LogP contribution in [0, 0.1) is 6.92 Å². The number of nitrogens with one attached hydrogen (secondary N) is 1. The minimum absolute atomic E-state index is 0.116. The molecule has 2 N–H and O–H groups in total. The monoisotopic (exact) mass is 324 g/mol. The van der Waals surface area contributed by atoms with E-state index in [9.17, 15) is 4.79 Å². The molecule has 0 aliphatic heterocycles. The Morgan fingerprint density at radius 1 is 1.25 bits per heavy atom. The van der Waals surface area contributed by atoms with Crippen molar-refractivity contribution < 1.29 is 9.90 Å². The van der Waals surface area contributed by atoms with Gasteiger partial charge in [-0.1, -0.05) is 0 Å². The van der Waals surface area contributed by atoms with Crippen LogP contribution >= 0.6 is 0 Å². The number of anilines is 1. The lowest BCUT2D eigenvalue weighted by atomic mass is 10.1. The zero-order chi connectivity index (χ0) is 17.1. The van der Waals surface area contributed by atoms with E-state index in [1.54, 1.807) is 37.9 Å². The fraction of sp³-hybridized carbons (Fsp3) is 0.188. The minimum atomic E-state index is -1.03. The SMILES string of the molecule is Cc1ncc(-c2cncc(C(=O)O)c2)c(NCc2cncn2C)n1. The molecule has 8 heteroatoms. The van der Waals surface area contributed by atoms with Crippen molar-refractivity contribution in [2.45, 2.75) is 13.5 Å². The van der Waals surface area contributed by atoms with Crippen molar-refractivity contribution in [2.24, 2.45) is 7.05 Å². The average Bonchev–Trinajstić information content (AvgIpc) is 2.98. The van der Waals surface area contributed by atoms with Crippen LogP contribution in [0.15, 0.2) is 37.2 Å². The molecule has 3 heterocycles. The first-order chi connectivity index (χ1) is 11.5. The lowest BCUT2D eigenvalue weighted by Gasteiger charge is -2.12. The van der Waals surface area contributed by atoms with Crippen LogP contribution in [0.5, 0.6) is 0 Å². The number of aromatic carboxylic acids is 1. The smallest absolute Gasteiger partial charge is 0.337 e. The third-order valence-electron chi connectivity index (χ3n) is 3.56. The number of carbonyl (C=O) groups is 1. The maximum atomic E-state index is 11.1. The van der Waals surface area contributed by atoms with Crippen molar-refractivity contribution in [2.75, 3.05) is 5.32 Å². The Kier molecular flexibility index (Phi) is 4.19. The molecule has 0 aliphatic carbocycles. The molecule has 0 aliphatic rings. The van der Waals surface area contributed by atoms with Gasteiger partial charge in [0.25, 0.3) is 0 Å². The topological polar surface area (TPSA) is 106 Å². The first-order valence-electron chi connectivity index (χ1n) is 7.26. The predicted molar refractivity (Wildman–Crippen MR) is 87.5 cm³/mol. The van der Waals surface area contributed by atoms with Gasteiger partial charge in [-0.3, -0.25) is 4.98 Å². The van der Waals surface area contributed by atoms with Crippen molar-refractivity contribution in [3.8, 4) is 11.1 Å². The number of hydrogen-bond donors (Lipinski definition) is 2. The second-order valence-electron chi connectivity index (χ2n) is 5.30. The van der Waals surface area contributed by atoms with Crippen molar-refractivity contribution in [3.05, 3.63) is 54.3 Å². The summed E-state index contributed by atoms with van der Waals surface area (Å²) in [5.41, 5.74) is 2.45. The molecule has 0 radical (unpaired) electrons. The van der Waals surface area contributed by atoms with Gasteiger partial charge < -0.3 is 15.0 Å². The number of imidazole rings is 1. The summed E-state index contributed by atoms with van der Waals surface area (Å²) in [4.78, 5) is 27.9. The Bertz CT molecular complexity index is 890. The second kappa shape index (κ2) is 6.45. The predicted octanol–water partition coefficient (Wildman–Crippen LogP) is 1.89. The molecule has 0 saturated carbocycles. The summed E-state index contributed by atoms with van der Waals surface area (Å²) in [6, 6.07) is 1.55. The largest absolute Gasteiger partial charge is 0.478 e. The van der Waals surface area contributed by atoms with E-state index >= 15 is 0 Å². The van der Waals surface area contributed by atoms with Gasteiger partial charge in [0.05, 0.1) is 24.1 Å². The molecule has 3 aromatic heterocycles. The van der Waals surface area contributed by atoms with Crippen LogP contribution in [-0.2, 0) is 13.6 Å². The summed E-state index contributed by atoms with van der Waals surface area (Å²) in [5, 5.41) is 12.4. The number of carboxylic acid groups (broad SMARTS) is 1. The Labute approximate surface area is 138 Å². The normalized spacial score (nSPS) is 10.6. The van der Waals surface area contributed by atoms with E-state index in [2.05, 4.69) is 25.3 Å². The van der Waals surface area contributed by atoms with Crippen LogP contribution in [0.2, 0.25) is 0 Å². The number of aryl methyl sites for hydroxylation is 2. The molecule has 3 aromatic rings. The third kappa shape index (κ3) is 3.22. The van der Waals surface area contributed by atoms with Crippen molar-refractivity contribution in [1.82, 2.24) is 24.5 Å². The van der Waals surface area contributed by atoms with E-state index < -0.39 is 5.97 Å². The van der Waals surface area contributed by atoms with Crippen LogP contribution in [0.4, 0.5) is 5.82 Å². The van der Waals surface area contributed by atoms with Gasteiger partial charge in [0.2, 0.25) is 0 Å². The van der Waals surface area contributed by atoms with Crippen molar-refractivity contribution in [3.63, 3.8) is 0 Å². The van der Waals surface area contributed by atoms with Crippen LogP contribution in [0.25, 0.3) is 11.1 Å². The summed E-state index contributed by atoms with van der Waals surface area (Å²) >= 11 is 0. The Hall–Kier alpha value is -3.29. The zero-order valence-corrected chi connectivity index (χ0v) is 13.3. The van der Waals surface area contributed by atoms with Crippen molar-refractivity contribution in [1.29, 1.82) is 0 Å². The van der Waals surface area contributed by atoms with Crippen LogP contribution in [0.1, 0.15) is 21.9 Å². The first kappa shape index (κ1) is 15.6. The van der Waals surface area contributed by atoms with Gasteiger partial charge in [-0.2, -0.15) is 0 Å². The molecule has 24 heavy (non-hydrogen) atoms. The Morgan fingerprint density at radius 3 is 2.79 bits per heavy atom. The highest BCUT2D eigenvalue weighted by molar-refractivity contribution is 5.89. The third-order valence-corrected chi connectivity index (χ3v) is 3.56. The summed E-state index contributed by atoms with van der Waals surface area (Å²) in [6.07, 6.45) is 8.06.